The molecule has 32 heavy (non-hydrogen) atoms. The molecule has 1 N–H and O–H groups in total. The quantitative estimate of drug-likeness (QED) is 0.546. The SMILES string of the molecule is O=C(C[C@@]1(O)C(=O)N(Cc2ccccc2Cl)c2ccc(Cl)cc21)c1ccc2c(c1)OCO2. The maximum absolute atomic E-state index is 13.5. The largest absolute Gasteiger partial charge is 0.454 e. The highest BCUT2D eigenvalue weighted by atomic mass is 35.5. The van der Waals surface area contributed by atoms with Crippen LogP contribution < -0.4 is 14.4 Å². The molecule has 0 saturated heterocycles. The molecule has 6 nitrogen and oxygen atoms in total. The average molecular weight is 470 g/mol. The molecule has 2 aliphatic heterocycles. The van der Waals surface area contributed by atoms with Gasteiger partial charge >= 0.3 is 0 Å². The Bertz CT molecular complexity index is 1260. The van der Waals surface area contributed by atoms with E-state index in [2.05, 4.69) is 0 Å². The van der Waals surface area contributed by atoms with E-state index in [1.165, 1.54) is 11.0 Å². The number of Topliss-reactive ketones (excluding diaryl/α,β-unsaturated/α-hetero) is 1. The lowest BCUT2D eigenvalue weighted by atomic mass is 9.88. The zero-order valence-electron chi connectivity index (χ0n) is 16.7. The minimum Gasteiger partial charge on any atom is -0.454 e. The zero-order valence-corrected chi connectivity index (χ0v) is 18.2. The molecule has 0 aliphatic carbocycles. The molecule has 0 unspecified atom stereocenters. The number of carbonyl (C=O) groups is 2. The monoisotopic (exact) mass is 469 g/mol. The number of anilines is 1. The van der Waals surface area contributed by atoms with Gasteiger partial charge < -0.3 is 19.5 Å². The van der Waals surface area contributed by atoms with Gasteiger partial charge in [-0.15, -0.1) is 0 Å². The van der Waals surface area contributed by atoms with Crippen molar-refractivity contribution in [3.63, 3.8) is 0 Å². The van der Waals surface area contributed by atoms with Gasteiger partial charge in [0.25, 0.3) is 5.91 Å². The van der Waals surface area contributed by atoms with E-state index in [0.717, 1.165) is 5.56 Å². The minimum absolute atomic E-state index is 0.0816. The number of benzene rings is 3. The fourth-order valence-corrected chi connectivity index (χ4v) is 4.42. The average Bonchev–Trinajstić information content (AvgIpc) is 3.32. The Balaban J connectivity index is 1.50. The van der Waals surface area contributed by atoms with E-state index in [1.54, 1.807) is 48.5 Å². The first-order valence-electron chi connectivity index (χ1n) is 9.87. The number of rotatable bonds is 5. The van der Waals surface area contributed by atoms with E-state index in [1.807, 2.05) is 6.07 Å². The third-order valence-corrected chi connectivity index (χ3v) is 6.29. The Morgan fingerprint density at radius 2 is 1.81 bits per heavy atom. The normalized spacial score (nSPS) is 18.7. The summed E-state index contributed by atoms with van der Waals surface area (Å²) < 4.78 is 10.6. The summed E-state index contributed by atoms with van der Waals surface area (Å²) in [4.78, 5) is 28.0. The summed E-state index contributed by atoms with van der Waals surface area (Å²) in [7, 11) is 0. The maximum atomic E-state index is 13.5. The third kappa shape index (κ3) is 3.41. The highest BCUT2D eigenvalue weighted by molar-refractivity contribution is 6.31. The maximum Gasteiger partial charge on any atom is 0.264 e. The molecule has 0 bridgehead atoms. The van der Waals surface area contributed by atoms with E-state index in [0.29, 0.717) is 32.8 Å². The van der Waals surface area contributed by atoms with Gasteiger partial charge in [0.1, 0.15) is 0 Å². The van der Waals surface area contributed by atoms with Crippen molar-refractivity contribution in [2.45, 2.75) is 18.6 Å². The molecule has 3 aromatic carbocycles. The number of amides is 1. The zero-order chi connectivity index (χ0) is 22.5. The van der Waals surface area contributed by atoms with E-state index in [-0.39, 0.29) is 18.9 Å². The van der Waals surface area contributed by atoms with Crippen molar-refractivity contribution in [2.24, 2.45) is 0 Å². The van der Waals surface area contributed by atoms with Gasteiger partial charge in [-0.25, -0.2) is 0 Å². The van der Waals surface area contributed by atoms with Crippen LogP contribution in [0, 0.1) is 0 Å². The second-order valence-corrected chi connectivity index (χ2v) is 8.52. The van der Waals surface area contributed by atoms with Gasteiger partial charge in [0.2, 0.25) is 6.79 Å². The Kier molecular flexibility index (Phi) is 5.08. The summed E-state index contributed by atoms with van der Waals surface area (Å²) in [5, 5.41) is 12.4. The highest BCUT2D eigenvalue weighted by Crippen LogP contribution is 2.45. The minimum atomic E-state index is -2.06. The number of hydrogen-bond acceptors (Lipinski definition) is 5. The summed E-state index contributed by atoms with van der Waals surface area (Å²) >= 11 is 12.5. The van der Waals surface area contributed by atoms with Crippen LogP contribution in [0.5, 0.6) is 11.5 Å². The molecule has 2 heterocycles. The lowest BCUT2D eigenvalue weighted by Gasteiger charge is -2.23. The van der Waals surface area contributed by atoms with Crippen molar-refractivity contribution in [2.75, 3.05) is 11.7 Å². The van der Waals surface area contributed by atoms with Gasteiger partial charge in [0.05, 0.1) is 18.7 Å². The number of ether oxygens (including phenoxy) is 2. The van der Waals surface area contributed by atoms with Crippen LogP contribution in [0.3, 0.4) is 0 Å². The molecule has 162 valence electrons. The van der Waals surface area contributed by atoms with E-state index in [4.69, 9.17) is 32.7 Å². The highest BCUT2D eigenvalue weighted by Gasteiger charge is 2.51. The number of ketones is 1. The molecule has 1 atom stereocenters. The van der Waals surface area contributed by atoms with Crippen molar-refractivity contribution in [3.05, 3.63) is 87.4 Å². The molecule has 0 saturated carbocycles. The summed E-state index contributed by atoms with van der Waals surface area (Å²) in [6.07, 6.45) is -0.447. The fraction of sp³-hybridized carbons (Fsp3) is 0.167. The molecule has 0 fully saturated rings. The predicted octanol–water partition coefficient (Wildman–Crippen LogP) is 4.73. The lowest BCUT2D eigenvalue weighted by molar-refractivity contribution is -0.136. The molecule has 2 aliphatic rings. The van der Waals surface area contributed by atoms with Crippen molar-refractivity contribution < 1.29 is 24.2 Å². The number of hydrogen-bond donors (Lipinski definition) is 1. The number of carbonyl (C=O) groups excluding carboxylic acids is 2. The Morgan fingerprint density at radius 1 is 1.03 bits per heavy atom. The Hall–Kier alpha value is -3.06. The van der Waals surface area contributed by atoms with Gasteiger partial charge in [0, 0.05) is 21.2 Å². The summed E-state index contributed by atoms with van der Waals surface area (Å²) in [6.45, 7) is 0.228. The number of nitrogens with zero attached hydrogens (tertiary/aromatic N) is 1. The number of fused-ring (bicyclic) bond motifs is 2. The van der Waals surface area contributed by atoms with Crippen LogP contribution in [-0.4, -0.2) is 23.6 Å². The second kappa shape index (κ2) is 7.81. The Labute approximate surface area is 193 Å². The smallest absolute Gasteiger partial charge is 0.264 e. The van der Waals surface area contributed by atoms with E-state index >= 15 is 0 Å². The molecule has 0 aromatic heterocycles. The van der Waals surface area contributed by atoms with Crippen LogP contribution >= 0.6 is 23.2 Å². The van der Waals surface area contributed by atoms with Crippen molar-refractivity contribution in [1.82, 2.24) is 0 Å². The molecule has 5 rings (SSSR count). The van der Waals surface area contributed by atoms with Crippen molar-refractivity contribution in [1.29, 1.82) is 0 Å². The molecule has 3 aromatic rings. The molecule has 1 amide bonds. The van der Waals surface area contributed by atoms with Crippen LogP contribution in [0.1, 0.15) is 27.9 Å². The fourth-order valence-electron chi connectivity index (χ4n) is 4.05. The van der Waals surface area contributed by atoms with Gasteiger partial charge in [-0.1, -0.05) is 41.4 Å². The first kappa shape index (κ1) is 20.8. The van der Waals surface area contributed by atoms with Gasteiger partial charge in [0.15, 0.2) is 22.9 Å². The molecule has 0 spiro atoms. The standard InChI is InChI=1S/C24H17Cl2NO5/c25-16-6-7-19-17(10-16)24(30,23(29)27(19)12-15-3-1-2-4-18(15)26)11-20(28)14-5-8-21-22(9-14)32-13-31-21/h1-10,30H,11-13H2/t24-/m0/s1. The number of aliphatic hydroxyl groups is 1. The summed E-state index contributed by atoms with van der Waals surface area (Å²) in [6, 6.07) is 16.7. The topological polar surface area (TPSA) is 76.1 Å². The van der Waals surface area contributed by atoms with E-state index < -0.39 is 23.7 Å². The molecule has 0 radical (unpaired) electrons. The van der Waals surface area contributed by atoms with Crippen LogP contribution in [0.25, 0.3) is 0 Å². The van der Waals surface area contributed by atoms with Crippen molar-refractivity contribution >= 4 is 40.6 Å². The number of halogens is 2. The predicted molar refractivity (Wildman–Crippen MR) is 120 cm³/mol. The van der Waals surface area contributed by atoms with Crippen LogP contribution in [0.15, 0.2) is 60.7 Å². The van der Waals surface area contributed by atoms with Crippen LogP contribution in [-0.2, 0) is 16.9 Å². The summed E-state index contributed by atoms with van der Waals surface area (Å²) in [5.41, 5.74) is -0.260. The van der Waals surface area contributed by atoms with Crippen LogP contribution in [0.2, 0.25) is 10.0 Å². The first-order valence-corrected chi connectivity index (χ1v) is 10.6. The molecule has 8 heteroatoms. The van der Waals surface area contributed by atoms with Gasteiger partial charge in [-0.05, 0) is 48.0 Å². The van der Waals surface area contributed by atoms with Gasteiger partial charge in [-0.2, -0.15) is 0 Å². The van der Waals surface area contributed by atoms with Gasteiger partial charge in [-0.3, -0.25) is 9.59 Å². The lowest BCUT2D eigenvalue weighted by Crippen LogP contribution is -2.41. The second-order valence-electron chi connectivity index (χ2n) is 7.67. The first-order chi connectivity index (χ1) is 15.4. The Morgan fingerprint density at radius 3 is 2.62 bits per heavy atom. The third-order valence-electron chi connectivity index (χ3n) is 5.69. The van der Waals surface area contributed by atoms with Crippen molar-refractivity contribution in [3.8, 4) is 11.5 Å². The molecular formula is C24H17Cl2NO5. The summed E-state index contributed by atoms with van der Waals surface area (Å²) in [5.74, 6) is -0.0296. The van der Waals surface area contributed by atoms with E-state index in [9.17, 15) is 14.7 Å². The van der Waals surface area contributed by atoms with Crippen LogP contribution in [0.4, 0.5) is 5.69 Å². The molecular weight excluding hydrogens is 453 g/mol.